The van der Waals surface area contributed by atoms with E-state index in [1.807, 2.05) is 36.4 Å². The summed E-state index contributed by atoms with van der Waals surface area (Å²) in [7, 11) is -3.50. The number of aryl methyl sites for hydroxylation is 1. The minimum absolute atomic E-state index is 0.0533. The van der Waals surface area contributed by atoms with Crippen LogP contribution < -0.4 is 15.0 Å². The maximum Gasteiger partial charge on any atom is 0.264 e. The molecule has 2 amide bonds. The number of hydrogen-bond donors (Lipinski definition) is 1. The van der Waals surface area contributed by atoms with E-state index in [0.29, 0.717) is 37.3 Å². The summed E-state index contributed by atoms with van der Waals surface area (Å²) in [6.07, 6.45) is 4.25. The molecule has 11 heteroatoms. The first-order chi connectivity index (χ1) is 18.6. The topological polar surface area (TPSA) is 105 Å². The lowest BCUT2D eigenvalue weighted by Crippen LogP contribution is -2.52. The highest BCUT2D eigenvalue weighted by Gasteiger charge is 2.48. The predicted octanol–water partition coefficient (Wildman–Crippen LogP) is 3.49. The van der Waals surface area contributed by atoms with Crippen molar-refractivity contribution < 1.29 is 26.9 Å². The fourth-order valence-corrected chi connectivity index (χ4v) is 7.21. The highest BCUT2D eigenvalue weighted by atomic mass is 35.5. The van der Waals surface area contributed by atoms with E-state index in [1.165, 1.54) is 0 Å². The fraction of sp³-hybridized carbons (Fsp3) is 0.500. The number of anilines is 2. The first-order valence-corrected chi connectivity index (χ1v) is 15.6. The first-order valence-electron chi connectivity index (χ1n) is 13.4. The number of fused-ring (bicyclic) bond motifs is 3. The molecule has 1 spiro atoms. The van der Waals surface area contributed by atoms with Crippen LogP contribution in [0.4, 0.5) is 11.4 Å². The number of rotatable bonds is 7. The van der Waals surface area contributed by atoms with Gasteiger partial charge < -0.3 is 15.0 Å². The van der Waals surface area contributed by atoms with Crippen molar-refractivity contribution in [3.8, 4) is 5.75 Å². The molecule has 0 bridgehead atoms. The molecule has 4 aliphatic rings. The number of nitrogens with one attached hydrogen (secondary N) is 1. The zero-order valence-electron chi connectivity index (χ0n) is 21.8. The molecule has 0 unspecified atom stereocenters. The standard InChI is InChI=1S/C28H32ClN3O6S/c1-39(35,36)38-22-16-20(17-22)32-25-6-4-21(14-18(25)2-7-26(32)33)37-13-12-31-10-8-28(9-11-31)23-15-19(29)3-5-24(23)30-27(28)34/h3-6,14-15,20,22H,2,7-13,16-17H2,1H3,(H,30,34). The highest BCUT2D eigenvalue weighted by Crippen LogP contribution is 2.46. The number of halogens is 1. The molecular weight excluding hydrogens is 542 g/mol. The Bertz CT molecular complexity index is 1420. The molecule has 9 nitrogen and oxygen atoms in total. The van der Waals surface area contributed by atoms with Crippen molar-refractivity contribution in [2.24, 2.45) is 0 Å². The van der Waals surface area contributed by atoms with Crippen molar-refractivity contribution in [1.82, 2.24) is 4.90 Å². The normalized spacial score (nSPS) is 24.2. The lowest BCUT2D eigenvalue weighted by atomic mass is 9.73. The summed E-state index contributed by atoms with van der Waals surface area (Å²) in [5.41, 5.74) is 3.31. The van der Waals surface area contributed by atoms with Crippen LogP contribution in [-0.4, -0.2) is 69.8 Å². The van der Waals surface area contributed by atoms with Gasteiger partial charge in [-0.05, 0) is 92.7 Å². The second-order valence-corrected chi connectivity index (χ2v) is 13.1. The van der Waals surface area contributed by atoms with Gasteiger partial charge in [-0.15, -0.1) is 0 Å². The van der Waals surface area contributed by atoms with E-state index in [0.717, 1.165) is 67.0 Å². The van der Waals surface area contributed by atoms with Crippen molar-refractivity contribution in [3.05, 3.63) is 52.5 Å². The summed E-state index contributed by atoms with van der Waals surface area (Å²) >= 11 is 6.23. The van der Waals surface area contributed by atoms with E-state index in [-0.39, 0.29) is 24.0 Å². The van der Waals surface area contributed by atoms with Crippen LogP contribution in [0.25, 0.3) is 0 Å². The van der Waals surface area contributed by atoms with Crippen LogP contribution in [0, 0.1) is 0 Å². The third-order valence-corrected chi connectivity index (χ3v) is 9.36. The number of amides is 2. The Labute approximate surface area is 233 Å². The summed E-state index contributed by atoms with van der Waals surface area (Å²) in [5, 5.41) is 3.67. The minimum Gasteiger partial charge on any atom is -0.492 e. The number of carbonyl (C=O) groups excluding carboxylic acids is 2. The zero-order chi connectivity index (χ0) is 27.4. The van der Waals surface area contributed by atoms with Crippen LogP contribution in [0.3, 0.4) is 0 Å². The SMILES string of the molecule is CS(=O)(=O)OC1CC(N2C(=O)CCc3cc(OCCN4CCC5(CC4)C(=O)Nc4ccc(Cl)cc45)ccc32)C1. The molecule has 1 N–H and O–H groups in total. The van der Waals surface area contributed by atoms with Gasteiger partial charge in [-0.2, -0.15) is 8.42 Å². The molecule has 208 valence electrons. The van der Waals surface area contributed by atoms with Gasteiger partial charge in [0.15, 0.2) is 0 Å². The Hall–Kier alpha value is -2.66. The van der Waals surface area contributed by atoms with Crippen molar-refractivity contribution >= 4 is 44.9 Å². The maximum absolute atomic E-state index is 12.9. The number of ether oxygens (including phenoxy) is 1. The van der Waals surface area contributed by atoms with Gasteiger partial charge in [0, 0.05) is 35.4 Å². The van der Waals surface area contributed by atoms with Crippen LogP contribution >= 0.6 is 11.6 Å². The molecule has 1 aliphatic carbocycles. The van der Waals surface area contributed by atoms with Crippen molar-refractivity contribution in [2.75, 3.05) is 42.7 Å². The minimum atomic E-state index is -3.50. The molecule has 39 heavy (non-hydrogen) atoms. The van der Waals surface area contributed by atoms with Crippen LogP contribution in [0.15, 0.2) is 36.4 Å². The average molecular weight is 574 g/mol. The number of nitrogens with zero attached hydrogens (tertiary/aromatic N) is 2. The van der Waals surface area contributed by atoms with E-state index in [2.05, 4.69) is 10.2 Å². The van der Waals surface area contributed by atoms with Gasteiger partial charge in [0.1, 0.15) is 12.4 Å². The molecular formula is C28H32ClN3O6S. The van der Waals surface area contributed by atoms with Crippen LogP contribution in [0.5, 0.6) is 5.75 Å². The predicted molar refractivity (Wildman–Crippen MR) is 148 cm³/mol. The first kappa shape index (κ1) is 26.6. The fourth-order valence-electron chi connectivity index (χ4n) is 6.39. The summed E-state index contributed by atoms with van der Waals surface area (Å²) in [5.74, 6) is 0.891. The Kier molecular flexibility index (Phi) is 6.86. The molecule has 2 aromatic carbocycles. The van der Waals surface area contributed by atoms with Gasteiger partial charge in [0.05, 0.1) is 17.8 Å². The van der Waals surface area contributed by atoms with Gasteiger partial charge >= 0.3 is 0 Å². The second-order valence-electron chi connectivity index (χ2n) is 11.0. The largest absolute Gasteiger partial charge is 0.492 e. The summed E-state index contributed by atoms with van der Waals surface area (Å²) < 4.78 is 33.9. The third kappa shape index (κ3) is 5.15. The lowest BCUT2D eigenvalue weighted by molar-refractivity contribution is -0.122. The smallest absolute Gasteiger partial charge is 0.264 e. The monoisotopic (exact) mass is 573 g/mol. The highest BCUT2D eigenvalue weighted by molar-refractivity contribution is 7.86. The second kappa shape index (κ2) is 10.1. The van der Waals surface area contributed by atoms with Gasteiger partial charge in [-0.3, -0.25) is 18.7 Å². The van der Waals surface area contributed by atoms with Crippen LogP contribution in [0.2, 0.25) is 5.02 Å². The van der Waals surface area contributed by atoms with E-state index >= 15 is 0 Å². The maximum atomic E-state index is 12.9. The molecule has 2 aromatic rings. The Balaban J connectivity index is 1.03. The number of piperidine rings is 1. The molecule has 6 rings (SSSR count). The van der Waals surface area contributed by atoms with Crippen molar-refractivity contribution in [1.29, 1.82) is 0 Å². The summed E-state index contributed by atoms with van der Waals surface area (Å²) in [6.45, 7) is 2.88. The number of benzene rings is 2. The average Bonchev–Trinajstić information content (AvgIpc) is 3.12. The van der Waals surface area contributed by atoms with Crippen LogP contribution in [-0.2, 0) is 35.7 Å². The Morgan fingerprint density at radius 3 is 2.59 bits per heavy atom. The molecule has 2 fully saturated rings. The summed E-state index contributed by atoms with van der Waals surface area (Å²) in [4.78, 5) is 29.7. The Morgan fingerprint density at radius 1 is 1.08 bits per heavy atom. The van der Waals surface area contributed by atoms with Gasteiger partial charge in [0.25, 0.3) is 10.1 Å². The van der Waals surface area contributed by atoms with E-state index in [1.54, 1.807) is 4.90 Å². The molecule has 1 saturated carbocycles. The van der Waals surface area contributed by atoms with Crippen molar-refractivity contribution in [2.45, 2.75) is 56.1 Å². The number of likely N-dealkylation sites (tertiary alicyclic amines) is 1. The number of carbonyl (C=O) groups is 2. The van der Waals surface area contributed by atoms with Crippen LogP contribution in [0.1, 0.15) is 43.2 Å². The Morgan fingerprint density at radius 2 is 1.85 bits per heavy atom. The quantitative estimate of drug-likeness (QED) is 0.506. The lowest BCUT2D eigenvalue weighted by Gasteiger charge is -2.44. The van der Waals surface area contributed by atoms with Gasteiger partial charge in [0.2, 0.25) is 11.8 Å². The number of hydrogen-bond acceptors (Lipinski definition) is 7. The summed E-state index contributed by atoms with van der Waals surface area (Å²) in [6, 6.07) is 11.4. The molecule has 3 aliphatic heterocycles. The van der Waals surface area contributed by atoms with Gasteiger partial charge in [-0.25, -0.2) is 0 Å². The van der Waals surface area contributed by atoms with Crippen molar-refractivity contribution in [3.63, 3.8) is 0 Å². The molecule has 1 saturated heterocycles. The zero-order valence-corrected chi connectivity index (χ0v) is 23.4. The third-order valence-electron chi connectivity index (χ3n) is 8.50. The molecule has 3 heterocycles. The molecule has 0 atom stereocenters. The molecule has 0 aromatic heterocycles. The van der Waals surface area contributed by atoms with E-state index in [9.17, 15) is 18.0 Å². The van der Waals surface area contributed by atoms with Gasteiger partial charge in [-0.1, -0.05) is 11.6 Å². The molecule has 0 radical (unpaired) electrons. The van der Waals surface area contributed by atoms with E-state index in [4.69, 9.17) is 20.5 Å². The van der Waals surface area contributed by atoms with E-state index < -0.39 is 15.5 Å².